The van der Waals surface area contributed by atoms with E-state index < -0.39 is 47.4 Å². The molecule has 0 aromatic heterocycles. The number of amides is 1. The minimum atomic E-state index is -4.17. The highest BCUT2D eigenvalue weighted by Gasteiger charge is 2.49. The molecule has 10 heteroatoms. The summed E-state index contributed by atoms with van der Waals surface area (Å²) in [5, 5.41) is -1.22. The lowest BCUT2D eigenvalue weighted by Crippen LogP contribution is -2.55. The molecule has 150 valence electrons. The van der Waals surface area contributed by atoms with E-state index in [0.29, 0.717) is 31.7 Å². The van der Waals surface area contributed by atoms with Gasteiger partial charge in [0.1, 0.15) is 10.7 Å². The number of rotatable bonds is 3. The standard InChI is InChI=1S/C17H23FN2O5S2/c1-12-3-4-14(18)16(9-12)27(24,25)17-11-26(22,23)10-15(17)20-7-5-19(6-8-20)13(2)21/h3-4,9,15,17H,5-8,10-11H2,1-2H3/t15-,17-/m0/s1. The van der Waals surface area contributed by atoms with Gasteiger partial charge in [-0.05, 0) is 24.6 Å². The first-order valence-corrected chi connectivity index (χ1v) is 12.1. The van der Waals surface area contributed by atoms with Gasteiger partial charge >= 0.3 is 0 Å². The predicted molar refractivity (Wildman–Crippen MR) is 98.4 cm³/mol. The van der Waals surface area contributed by atoms with Gasteiger partial charge < -0.3 is 4.90 Å². The molecule has 0 N–H and O–H groups in total. The molecule has 2 heterocycles. The molecule has 2 fully saturated rings. The summed E-state index contributed by atoms with van der Waals surface area (Å²) in [6, 6.07) is 3.07. The second kappa shape index (κ2) is 7.14. The van der Waals surface area contributed by atoms with E-state index in [1.54, 1.807) is 16.7 Å². The van der Waals surface area contributed by atoms with Crippen molar-refractivity contribution in [3.8, 4) is 0 Å². The Hall–Kier alpha value is -1.52. The average molecular weight is 419 g/mol. The van der Waals surface area contributed by atoms with Crippen LogP contribution < -0.4 is 0 Å². The van der Waals surface area contributed by atoms with E-state index in [1.807, 2.05) is 0 Å². The van der Waals surface area contributed by atoms with E-state index in [4.69, 9.17) is 0 Å². The Morgan fingerprint density at radius 1 is 1.15 bits per heavy atom. The van der Waals surface area contributed by atoms with Gasteiger partial charge in [-0.15, -0.1) is 0 Å². The van der Waals surface area contributed by atoms with Crippen molar-refractivity contribution in [3.63, 3.8) is 0 Å². The van der Waals surface area contributed by atoms with E-state index in [1.165, 1.54) is 19.1 Å². The number of piperazine rings is 1. The van der Waals surface area contributed by atoms with Crippen LogP contribution in [0.4, 0.5) is 4.39 Å². The van der Waals surface area contributed by atoms with Gasteiger partial charge in [0.25, 0.3) is 0 Å². The average Bonchev–Trinajstić information content (AvgIpc) is 2.93. The third-order valence-electron chi connectivity index (χ3n) is 5.29. The van der Waals surface area contributed by atoms with Gasteiger partial charge in [-0.25, -0.2) is 21.2 Å². The summed E-state index contributed by atoms with van der Waals surface area (Å²) in [4.78, 5) is 14.5. The molecule has 0 radical (unpaired) electrons. The number of carbonyl (C=O) groups is 1. The molecular formula is C17H23FN2O5S2. The monoisotopic (exact) mass is 418 g/mol. The van der Waals surface area contributed by atoms with Gasteiger partial charge in [-0.2, -0.15) is 0 Å². The fourth-order valence-electron chi connectivity index (χ4n) is 3.79. The molecule has 0 bridgehead atoms. The number of carbonyl (C=O) groups excluding carboxylic acids is 1. The van der Waals surface area contributed by atoms with Gasteiger partial charge in [-0.1, -0.05) is 6.07 Å². The number of hydrogen-bond donors (Lipinski definition) is 0. The van der Waals surface area contributed by atoms with Crippen molar-refractivity contribution in [1.29, 1.82) is 0 Å². The van der Waals surface area contributed by atoms with Crippen LogP contribution in [0.5, 0.6) is 0 Å². The Kier molecular flexibility index (Phi) is 5.35. The molecule has 27 heavy (non-hydrogen) atoms. The Bertz CT molecular complexity index is 954. The lowest BCUT2D eigenvalue weighted by Gasteiger charge is -2.39. The Morgan fingerprint density at radius 2 is 1.78 bits per heavy atom. The lowest BCUT2D eigenvalue weighted by molar-refractivity contribution is -0.130. The van der Waals surface area contributed by atoms with E-state index >= 15 is 0 Å². The van der Waals surface area contributed by atoms with Crippen molar-refractivity contribution < 1.29 is 26.0 Å². The highest BCUT2D eigenvalue weighted by molar-refractivity contribution is 7.96. The van der Waals surface area contributed by atoms with Crippen LogP contribution in [0.1, 0.15) is 12.5 Å². The highest BCUT2D eigenvalue weighted by atomic mass is 32.2. The van der Waals surface area contributed by atoms with Crippen molar-refractivity contribution in [1.82, 2.24) is 9.80 Å². The molecule has 1 aromatic rings. The molecule has 0 unspecified atom stereocenters. The zero-order valence-corrected chi connectivity index (χ0v) is 16.9. The molecule has 0 aliphatic carbocycles. The van der Waals surface area contributed by atoms with Crippen LogP contribution >= 0.6 is 0 Å². The van der Waals surface area contributed by atoms with Gasteiger partial charge in [0.15, 0.2) is 19.7 Å². The third kappa shape index (κ3) is 4.02. The first-order chi connectivity index (χ1) is 12.5. The fraction of sp³-hybridized carbons (Fsp3) is 0.588. The second-order valence-electron chi connectivity index (χ2n) is 7.20. The molecule has 1 aromatic carbocycles. The SMILES string of the molecule is CC(=O)N1CCN([C@H]2CS(=O)(=O)C[C@@H]2S(=O)(=O)c2cc(C)ccc2F)CC1. The molecule has 7 nitrogen and oxygen atoms in total. The molecule has 2 aliphatic heterocycles. The largest absolute Gasteiger partial charge is 0.340 e. The first-order valence-electron chi connectivity index (χ1n) is 8.71. The van der Waals surface area contributed by atoms with E-state index in [2.05, 4.69) is 0 Å². The van der Waals surface area contributed by atoms with Crippen molar-refractivity contribution in [3.05, 3.63) is 29.6 Å². The summed E-state index contributed by atoms with van der Waals surface area (Å²) in [7, 11) is -7.73. The van der Waals surface area contributed by atoms with Gasteiger partial charge in [0.05, 0.1) is 16.8 Å². The number of nitrogens with zero attached hydrogens (tertiary/aromatic N) is 2. The van der Waals surface area contributed by atoms with Crippen LogP contribution in [0.25, 0.3) is 0 Å². The van der Waals surface area contributed by atoms with Crippen molar-refractivity contribution in [2.45, 2.75) is 30.0 Å². The van der Waals surface area contributed by atoms with Crippen LogP contribution in [0.2, 0.25) is 0 Å². The van der Waals surface area contributed by atoms with Gasteiger partial charge in [0, 0.05) is 39.1 Å². The molecule has 1 amide bonds. The maximum atomic E-state index is 14.2. The minimum Gasteiger partial charge on any atom is -0.340 e. The smallest absolute Gasteiger partial charge is 0.219 e. The van der Waals surface area contributed by atoms with Crippen molar-refractivity contribution in [2.75, 3.05) is 37.7 Å². The molecule has 0 spiro atoms. The number of aryl methyl sites for hydroxylation is 1. The Balaban J connectivity index is 1.93. The molecule has 2 aliphatic rings. The van der Waals surface area contributed by atoms with Crippen molar-refractivity contribution in [2.24, 2.45) is 0 Å². The second-order valence-corrected chi connectivity index (χ2v) is 11.5. The fourth-order valence-corrected chi connectivity index (χ4v) is 8.77. The summed E-state index contributed by atoms with van der Waals surface area (Å²) in [5.74, 6) is -1.73. The number of sulfone groups is 2. The van der Waals surface area contributed by atoms with Crippen LogP contribution in [0, 0.1) is 12.7 Å². The highest BCUT2D eigenvalue weighted by Crippen LogP contribution is 2.31. The Morgan fingerprint density at radius 3 is 2.37 bits per heavy atom. The topological polar surface area (TPSA) is 91.8 Å². The van der Waals surface area contributed by atoms with Crippen LogP contribution in [-0.2, 0) is 24.5 Å². The number of benzene rings is 1. The van der Waals surface area contributed by atoms with Crippen LogP contribution in [-0.4, -0.2) is 81.5 Å². The summed E-state index contributed by atoms with van der Waals surface area (Å²) in [6.07, 6.45) is 0. The molecule has 2 saturated heterocycles. The third-order valence-corrected chi connectivity index (χ3v) is 9.42. The van der Waals surface area contributed by atoms with Crippen LogP contribution in [0.3, 0.4) is 0 Å². The molecule has 3 rings (SSSR count). The summed E-state index contributed by atoms with van der Waals surface area (Å²) < 4.78 is 65.0. The maximum Gasteiger partial charge on any atom is 0.219 e. The normalized spacial score (nSPS) is 26.3. The molecular weight excluding hydrogens is 395 g/mol. The molecule has 2 atom stereocenters. The molecule has 0 saturated carbocycles. The van der Waals surface area contributed by atoms with E-state index in [9.17, 15) is 26.0 Å². The predicted octanol–water partition coefficient (Wildman–Crippen LogP) is 0.238. The summed E-state index contributed by atoms with van der Waals surface area (Å²) >= 11 is 0. The maximum absolute atomic E-state index is 14.2. The number of hydrogen-bond acceptors (Lipinski definition) is 6. The number of halogens is 1. The summed E-state index contributed by atoms with van der Waals surface area (Å²) in [6.45, 7) is 4.73. The summed E-state index contributed by atoms with van der Waals surface area (Å²) in [5.41, 5.74) is 0.586. The van der Waals surface area contributed by atoms with E-state index in [0.717, 1.165) is 6.07 Å². The van der Waals surface area contributed by atoms with E-state index in [-0.39, 0.29) is 11.7 Å². The van der Waals surface area contributed by atoms with Gasteiger partial charge in [0.2, 0.25) is 5.91 Å². The minimum absolute atomic E-state index is 0.0697. The Labute approximate surface area is 159 Å². The van der Waals surface area contributed by atoms with Crippen molar-refractivity contribution >= 4 is 25.6 Å². The van der Waals surface area contributed by atoms with Crippen LogP contribution in [0.15, 0.2) is 23.1 Å². The zero-order valence-electron chi connectivity index (χ0n) is 15.3. The quantitative estimate of drug-likeness (QED) is 0.698. The lowest BCUT2D eigenvalue weighted by atomic mass is 10.2. The van der Waals surface area contributed by atoms with Gasteiger partial charge in [-0.3, -0.25) is 9.69 Å². The first kappa shape index (κ1) is 20.2. The zero-order chi connectivity index (χ0) is 20.0.